The van der Waals surface area contributed by atoms with Gasteiger partial charge >= 0.3 is 0 Å². The topological polar surface area (TPSA) is 127 Å². The number of ketones is 1. The van der Waals surface area contributed by atoms with E-state index >= 15 is 0 Å². The Kier molecular flexibility index (Phi) is 4.49. The molecular weight excluding hydrogens is 304 g/mol. The van der Waals surface area contributed by atoms with Gasteiger partial charge in [-0.2, -0.15) is 0 Å². The van der Waals surface area contributed by atoms with Crippen molar-refractivity contribution >= 4 is 5.78 Å². The van der Waals surface area contributed by atoms with Crippen LogP contribution in [0.2, 0.25) is 0 Å². The summed E-state index contributed by atoms with van der Waals surface area (Å²) >= 11 is 0. The van der Waals surface area contributed by atoms with Gasteiger partial charge in [0.2, 0.25) is 11.5 Å². The highest BCUT2D eigenvalue weighted by Gasteiger charge is 2.24. The summed E-state index contributed by atoms with van der Waals surface area (Å²) in [6, 6.07) is 4.26. The van der Waals surface area contributed by atoms with E-state index in [-0.39, 0.29) is 11.3 Å². The zero-order chi connectivity index (χ0) is 17.1. The van der Waals surface area contributed by atoms with E-state index in [0.29, 0.717) is 13.0 Å². The van der Waals surface area contributed by atoms with Gasteiger partial charge in [-0.25, -0.2) is 0 Å². The summed E-state index contributed by atoms with van der Waals surface area (Å²) in [6.45, 7) is 2.19. The molecule has 0 atom stereocenters. The molecule has 0 bridgehead atoms. The molecule has 23 heavy (non-hydrogen) atoms. The van der Waals surface area contributed by atoms with Gasteiger partial charge in [0.1, 0.15) is 22.8 Å². The molecule has 7 heteroatoms. The van der Waals surface area contributed by atoms with Crippen molar-refractivity contribution in [3.05, 3.63) is 35.4 Å². The summed E-state index contributed by atoms with van der Waals surface area (Å²) in [5.41, 5.74) is -0.831. The van der Waals surface area contributed by atoms with Crippen molar-refractivity contribution < 1.29 is 35.1 Å². The molecule has 0 saturated heterocycles. The van der Waals surface area contributed by atoms with Crippen LogP contribution in [-0.4, -0.2) is 37.9 Å². The minimum atomic E-state index is -0.921. The minimum absolute atomic E-state index is 0.0139. The molecule has 0 saturated carbocycles. The van der Waals surface area contributed by atoms with E-state index in [0.717, 1.165) is 12.1 Å². The molecule has 0 unspecified atom stereocenters. The largest absolute Gasteiger partial charge is 0.508 e. The summed E-state index contributed by atoms with van der Waals surface area (Å²) in [5, 5.41) is 48.6. The van der Waals surface area contributed by atoms with Crippen molar-refractivity contribution in [1.29, 1.82) is 0 Å². The van der Waals surface area contributed by atoms with Crippen LogP contribution in [0.1, 0.15) is 29.3 Å². The van der Waals surface area contributed by atoms with Gasteiger partial charge in [-0.1, -0.05) is 6.92 Å². The van der Waals surface area contributed by atoms with Gasteiger partial charge in [-0.05, 0) is 18.6 Å². The van der Waals surface area contributed by atoms with Crippen LogP contribution in [0.4, 0.5) is 0 Å². The van der Waals surface area contributed by atoms with Crippen molar-refractivity contribution in [3.63, 3.8) is 0 Å². The van der Waals surface area contributed by atoms with Crippen molar-refractivity contribution in [1.82, 2.24) is 0 Å². The molecular formula is C16H16O7. The number of phenolic OH excluding ortho intramolecular Hbond substituents is 5. The Morgan fingerprint density at radius 2 is 1.61 bits per heavy atom. The van der Waals surface area contributed by atoms with E-state index in [2.05, 4.69) is 0 Å². The normalized spacial score (nSPS) is 10.5. The molecule has 2 rings (SSSR count). The number of carbonyl (C=O) groups is 1. The van der Waals surface area contributed by atoms with Gasteiger partial charge in [0.05, 0.1) is 12.2 Å². The third-order valence-electron chi connectivity index (χ3n) is 3.13. The highest BCUT2D eigenvalue weighted by Crippen LogP contribution is 2.41. The molecule has 0 aliphatic rings. The first kappa shape index (κ1) is 16.3. The predicted molar refractivity (Wildman–Crippen MR) is 80.4 cm³/mol. The number of aromatic hydroxyl groups is 5. The first-order chi connectivity index (χ1) is 10.9. The van der Waals surface area contributed by atoms with E-state index in [9.17, 15) is 30.3 Å². The maximum absolute atomic E-state index is 12.4. The van der Waals surface area contributed by atoms with Crippen LogP contribution in [-0.2, 0) is 0 Å². The Bertz CT molecular complexity index is 729. The molecule has 0 amide bonds. The fraction of sp³-hybridized carbons (Fsp3) is 0.188. The summed E-state index contributed by atoms with van der Waals surface area (Å²) in [6.07, 6.45) is 0.691. The maximum Gasteiger partial charge on any atom is 0.204 e. The molecule has 0 aromatic heterocycles. The molecule has 0 aliphatic carbocycles. The maximum atomic E-state index is 12.4. The zero-order valence-electron chi connectivity index (χ0n) is 12.3. The summed E-state index contributed by atoms with van der Waals surface area (Å²) < 4.78 is 5.22. The van der Waals surface area contributed by atoms with E-state index in [4.69, 9.17) is 4.74 Å². The van der Waals surface area contributed by atoms with Crippen LogP contribution >= 0.6 is 0 Å². The monoisotopic (exact) mass is 320 g/mol. The molecule has 0 spiro atoms. The average molecular weight is 320 g/mol. The molecule has 2 aromatic carbocycles. The van der Waals surface area contributed by atoms with Crippen LogP contribution in [0.15, 0.2) is 24.3 Å². The smallest absolute Gasteiger partial charge is 0.204 e. The predicted octanol–water partition coefficient (Wildman–Crippen LogP) is 2.23. The minimum Gasteiger partial charge on any atom is -0.508 e. The van der Waals surface area contributed by atoms with E-state index in [1.54, 1.807) is 0 Å². The van der Waals surface area contributed by atoms with Gasteiger partial charge in [0.25, 0.3) is 0 Å². The first-order valence-corrected chi connectivity index (χ1v) is 6.84. The highest BCUT2D eigenvalue weighted by molar-refractivity contribution is 6.14. The Morgan fingerprint density at radius 3 is 2.17 bits per heavy atom. The number of hydrogen-bond donors (Lipinski definition) is 5. The Labute approximate surface area is 131 Å². The molecule has 2 aromatic rings. The van der Waals surface area contributed by atoms with Gasteiger partial charge in [-0.3, -0.25) is 4.79 Å². The second-order valence-electron chi connectivity index (χ2n) is 4.85. The Balaban J connectivity index is 2.47. The van der Waals surface area contributed by atoms with Gasteiger partial charge in [0, 0.05) is 12.1 Å². The van der Waals surface area contributed by atoms with Crippen molar-refractivity contribution in [2.75, 3.05) is 6.61 Å². The van der Waals surface area contributed by atoms with E-state index in [1.165, 1.54) is 12.1 Å². The van der Waals surface area contributed by atoms with Gasteiger partial charge in [-0.15, -0.1) is 0 Å². The highest BCUT2D eigenvalue weighted by atomic mass is 16.5. The molecule has 0 radical (unpaired) electrons. The molecule has 0 heterocycles. The summed E-state index contributed by atoms with van der Waals surface area (Å²) in [5.74, 6) is -3.98. The number of phenols is 5. The number of hydrogen-bond acceptors (Lipinski definition) is 7. The van der Waals surface area contributed by atoms with Crippen LogP contribution < -0.4 is 4.74 Å². The lowest BCUT2D eigenvalue weighted by Crippen LogP contribution is -2.04. The third kappa shape index (κ3) is 3.08. The SMILES string of the molecule is CCCOc1ccc(C(=O)c2c(O)cc(O)cc2O)c(O)c1O. The lowest BCUT2D eigenvalue weighted by atomic mass is 9.99. The molecule has 0 fully saturated rings. The number of benzene rings is 2. The first-order valence-electron chi connectivity index (χ1n) is 6.84. The quantitative estimate of drug-likeness (QED) is 0.422. The Hall–Kier alpha value is -3.09. The molecule has 0 aliphatic heterocycles. The number of carbonyl (C=O) groups excluding carboxylic acids is 1. The van der Waals surface area contributed by atoms with Crippen molar-refractivity contribution in [3.8, 4) is 34.5 Å². The molecule has 122 valence electrons. The van der Waals surface area contributed by atoms with Crippen LogP contribution in [0.5, 0.6) is 34.5 Å². The summed E-state index contributed by atoms with van der Waals surface area (Å²) in [4.78, 5) is 12.4. The van der Waals surface area contributed by atoms with Crippen molar-refractivity contribution in [2.45, 2.75) is 13.3 Å². The number of ether oxygens (including phenoxy) is 1. The lowest BCUT2D eigenvalue weighted by Gasteiger charge is -2.12. The average Bonchev–Trinajstić information content (AvgIpc) is 2.47. The van der Waals surface area contributed by atoms with E-state index in [1.807, 2.05) is 6.92 Å². The third-order valence-corrected chi connectivity index (χ3v) is 3.13. The second kappa shape index (κ2) is 6.35. The van der Waals surface area contributed by atoms with Crippen LogP contribution in [0.25, 0.3) is 0 Å². The fourth-order valence-corrected chi connectivity index (χ4v) is 2.04. The van der Waals surface area contributed by atoms with Gasteiger partial charge in [0.15, 0.2) is 11.5 Å². The van der Waals surface area contributed by atoms with Crippen LogP contribution in [0, 0.1) is 0 Å². The number of rotatable bonds is 5. The Morgan fingerprint density at radius 1 is 1.00 bits per heavy atom. The standard InChI is InChI=1S/C16H16O7/c1-2-5-23-12-4-3-9(15(21)16(12)22)14(20)13-10(18)6-8(17)7-11(13)19/h3-4,6-7,17-19,21-22H,2,5H2,1H3. The van der Waals surface area contributed by atoms with Crippen LogP contribution in [0.3, 0.4) is 0 Å². The molecule has 5 N–H and O–H groups in total. The zero-order valence-corrected chi connectivity index (χ0v) is 12.3. The summed E-state index contributed by atoms with van der Waals surface area (Å²) in [7, 11) is 0. The van der Waals surface area contributed by atoms with Crippen molar-refractivity contribution in [2.24, 2.45) is 0 Å². The lowest BCUT2D eigenvalue weighted by molar-refractivity contribution is 0.103. The van der Waals surface area contributed by atoms with Gasteiger partial charge < -0.3 is 30.3 Å². The fourth-order valence-electron chi connectivity index (χ4n) is 2.04. The second-order valence-corrected chi connectivity index (χ2v) is 4.85. The molecule has 7 nitrogen and oxygen atoms in total. The van der Waals surface area contributed by atoms with E-state index < -0.39 is 40.1 Å².